The molecular weight excluding hydrogens is 264 g/mol. The lowest BCUT2D eigenvalue weighted by Crippen LogP contribution is -2.32. The van der Waals surface area contributed by atoms with E-state index in [2.05, 4.69) is 15.2 Å². The normalized spacial score (nSPS) is 11.2. The molecule has 0 bridgehead atoms. The largest absolute Gasteiger partial charge is 0.476 e. The minimum atomic E-state index is -1.06. The highest BCUT2D eigenvalue weighted by Crippen LogP contribution is 1.97. The van der Waals surface area contributed by atoms with E-state index in [9.17, 15) is 4.79 Å². The molecule has 0 spiro atoms. The average molecular weight is 286 g/mol. The van der Waals surface area contributed by atoms with Crippen molar-refractivity contribution in [1.82, 2.24) is 19.9 Å². The molecule has 0 aromatic carbocycles. The fourth-order valence-electron chi connectivity index (χ4n) is 1.74. The first-order valence-corrected chi connectivity index (χ1v) is 6.51. The maximum absolute atomic E-state index is 10.7. The van der Waals surface area contributed by atoms with Crippen LogP contribution in [0.25, 0.3) is 0 Å². The lowest BCUT2D eigenvalue weighted by atomic mass is 10.3. The second-order valence-corrected chi connectivity index (χ2v) is 4.35. The summed E-state index contributed by atoms with van der Waals surface area (Å²) >= 11 is 0. The average Bonchev–Trinajstić information content (AvgIpc) is 2.90. The molecule has 0 unspecified atom stereocenters. The number of carboxylic acids is 1. The highest BCUT2D eigenvalue weighted by molar-refractivity contribution is 5.84. The van der Waals surface area contributed by atoms with Crippen molar-refractivity contribution in [2.24, 2.45) is 0 Å². The second-order valence-electron chi connectivity index (χ2n) is 4.35. The first-order chi connectivity index (χ1) is 9.67. The molecule has 0 saturated heterocycles. The maximum atomic E-state index is 10.7. The molecule has 1 heterocycles. The smallest absolute Gasteiger partial charge is 0.358 e. The SMILES string of the molecule is COCCCN(CCOC)CCn1cc(C(=O)O)nn1. The van der Waals surface area contributed by atoms with Gasteiger partial charge in [-0.05, 0) is 6.42 Å². The van der Waals surface area contributed by atoms with Crippen LogP contribution in [0.1, 0.15) is 16.9 Å². The van der Waals surface area contributed by atoms with Gasteiger partial charge in [0.25, 0.3) is 0 Å². The van der Waals surface area contributed by atoms with Crippen LogP contribution in [0.3, 0.4) is 0 Å². The predicted molar refractivity (Wildman–Crippen MR) is 71.8 cm³/mol. The highest BCUT2D eigenvalue weighted by atomic mass is 16.5. The van der Waals surface area contributed by atoms with Gasteiger partial charge in [0.05, 0.1) is 19.3 Å². The van der Waals surface area contributed by atoms with Crippen LogP contribution in [0.4, 0.5) is 0 Å². The molecule has 20 heavy (non-hydrogen) atoms. The van der Waals surface area contributed by atoms with Gasteiger partial charge in [0.15, 0.2) is 5.69 Å². The van der Waals surface area contributed by atoms with Crippen LogP contribution in [-0.4, -0.2) is 78.0 Å². The summed E-state index contributed by atoms with van der Waals surface area (Å²) in [5.74, 6) is -1.06. The van der Waals surface area contributed by atoms with E-state index in [-0.39, 0.29) is 5.69 Å². The van der Waals surface area contributed by atoms with E-state index in [0.29, 0.717) is 13.2 Å². The molecule has 1 N–H and O–H groups in total. The lowest BCUT2D eigenvalue weighted by Gasteiger charge is -2.21. The molecule has 0 aliphatic carbocycles. The van der Waals surface area contributed by atoms with E-state index < -0.39 is 5.97 Å². The van der Waals surface area contributed by atoms with Crippen LogP contribution in [0.5, 0.6) is 0 Å². The zero-order valence-electron chi connectivity index (χ0n) is 12.0. The van der Waals surface area contributed by atoms with Gasteiger partial charge in [0.1, 0.15) is 0 Å². The molecule has 1 rings (SSSR count). The number of carbonyl (C=O) groups is 1. The molecule has 0 atom stereocenters. The molecule has 0 aliphatic heterocycles. The highest BCUT2D eigenvalue weighted by Gasteiger charge is 2.09. The molecule has 8 nitrogen and oxygen atoms in total. The Labute approximate surface area is 118 Å². The van der Waals surface area contributed by atoms with Gasteiger partial charge < -0.3 is 14.6 Å². The Hall–Kier alpha value is -1.51. The number of rotatable bonds is 11. The molecule has 0 fully saturated rings. The minimum absolute atomic E-state index is 0.0344. The summed E-state index contributed by atoms with van der Waals surface area (Å²) in [5.41, 5.74) is -0.0344. The zero-order chi connectivity index (χ0) is 14.8. The topological polar surface area (TPSA) is 89.7 Å². The van der Waals surface area contributed by atoms with E-state index in [1.54, 1.807) is 18.9 Å². The Balaban J connectivity index is 2.40. The van der Waals surface area contributed by atoms with Gasteiger partial charge in [-0.15, -0.1) is 5.10 Å². The molecule has 0 amide bonds. The number of ether oxygens (including phenoxy) is 2. The van der Waals surface area contributed by atoms with Gasteiger partial charge in [-0.25, -0.2) is 4.79 Å². The van der Waals surface area contributed by atoms with Crippen LogP contribution < -0.4 is 0 Å². The first-order valence-electron chi connectivity index (χ1n) is 6.51. The van der Waals surface area contributed by atoms with Gasteiger partial charge in [-0.2, -0.15) is 0 Å². The zero-order valence-corrected chi connectivity index (χ0v) is 12.0. The molecule has 1 aromatic heterocycles. The number of aromatic nitrogens is 3. The molecule has 114 valence electrons. The van der Waals surface area contributed by atoms with Crippen molar-refractivity contribution in [1.29, 1.82) is 0 Å². The third-order valence-electron chi connectivity index (χ3n) is 2.84. The summed E-state index contributed by atoms with van der Waals surface area (Å²) in [5, 5.41) is 16.1. The summed E-state index contributed by atoms with van der Waals surface area (Å²) in [4.78, 5) is 12.9. The van der Waals surface area contributed by atoms with Gasteiger partial charge in [-0.1, -0.05) is 5.21 Å². The Morgan fingerprint density at radius 3 is 2.65 bits per heavy atom. The molecule has 1 aromatic rings. The Morgan fingerprint density at radius 2 is 2.05 bits per heavy atom. The third kappa shape index (κ3) is 6.09. The van der Waals surface area contributed by atoms with Crippen molar-refractivity contribution < 1.29 is 19.4 Å². The van der Waals surface area contributed by atoms with Crippen molar-refractivity contribution in [3.8, 4) is 0 Å². The predicted octanol–water partition coefficient (Wildman–Crippen LogP) is -0.0388. The molecule has 8 heteroatoms. The van der Waals surface area contributed by atoms with E-state index in [4.69, 9.17) is 14.6 Å². The number of hydrogen-bond acceptors (Lipinski definition) is 6. The molecule has 0 saturated carbocycles. The summed E-state index contributed by atoms with van der Waals surface area (Å²) in [7, 11) is 3.35. The van der Waals surface area contributed by atoms with Crippen LogP contribution in [0, 0.1) is 0 Å². The van der Waals surface area contributed by atoms with E-state index >= 15 is 0 Å². The maximum Gasteiger partial charge on any atom is 0.358 e. The van der Waals surface area contributed by atoms with Crippen LogP contribution >= 0.6 is 0 Å². The number of hydrogen-bond donors (Lipinski definition) is 1. The summed E-state index contributed by atoms with van der Waals surface area (Å²) < 4.78 is 11.7. The van der Waals surface area contributed by atoms with Gasteiger partial charge in [-0.3, -0.25) is 9.58 Å². The van der Waals surface area contributed by atoms with Gasteiger partial charge in [0, 0.05) is 40.5 Å². The Kier molecular flexibility index (Phi) is 7.78. The van der Waals surface area contributed by atoms with E-state index in [1.165, 1.54) is 6.20 Å². The van der Waals surface area contributed by atoms with Crippen molar-refractivity contribution in [2.75, 3.05) is 47.1 Å². The fourth-order valence-corrected chi connectivity index (χ4v) is 1.74. The fraction of sp³-hybridized carbons (Fsp3) is 0.750. The Morgan fingerprint density at radius 1 is 1.30 bits per heavy atom. The summed E-state index contributed by atoms with van der Waals surface area (Å²) in [6, 6.07) is 0. The lowest BCUT2D eigenvalue weighted by molar-refractivity contribution is 0.0690. The molecule has 0 aliphatic rings. The quantitative estimate of drug-likeness (QED) is 0.571. The standard InChI is InChI=1S/C12H22N4O4/c1-19-8-3-4-15(7-9-20-2)5-6-16-10-11(12(17)18)13-14-16/h10H,3-9H2,1-2H3,(H,17,18). The summed E-state index contributed by atoms with van der Waals surface area (Å²) in [6.07, 6.45) is 2.38. The Bertz CT molecular complexity index is 397. The minimum Gasteiger partial charge on any atom is -0.476 e. The van der Waals surface area contributed by atoms with Crippen LogP contribution in [0.2, 0.25) is 0 Å². The van der Waals surface area contributed by atoms with Gasteiger partial charge in [0.2, 0.25) is 0 Å². The third-order valence-corrected chi connectivity index (χ3v) is 2.84. The van der Waals surface area contributed by atoms with Gasteiger partial charge >= 0.3 is 5.97 Å². The second kappa shape index (κ2) is 9.40. The van der Waals surface area contributed by atoms with Crippen molar-refractivity contribution in [2.45, 2.75) is 13.0 Å². The van der Waals surface area contributed by atoms with Crippen molar-refractivity contribution in [3.63, 3.8) is 0 Å². The first kappa shape index (κ1) is 16.5. The number of aromatic carboxylic acids is 1. The van der Waals surface area contributed by atoms with E-state index in [0.717, 1.165) is 32.7 Å². The monoisotopic (exact) mass is 286 g/mol. The van der Waals surface area contributed by atoms with Crippen molar-refractivity contribution >= 4 is 5.97 Å². The summed E-state index contributed by atoms with van der Waals surface area (Å²) in [6.45, 7) is 4.45. The molecular formula is C12H22N4O4. The number of carboxylic acid groups (broad SMARTS) is 1. The molecule has 0 radical (unpaired) electrons. The van der Waals surface area contributed by atoms with Crippen molar-refractivity contribution in [3.05, 3.63) is 11.9 Å². The number of nitrogens with zero attached hydrogens (tertiary/aromatic N) is 4. The van der Waals surface area contributed by atoms with E-state index in [1.807, 2.05) is 0 Å². The number of methoxy groups -OCH3 is 2. The van der Waals surface area contributed by atoms with Crippen LogP contribution in [0.15, 0.2) is 6.20 Å². The van der Waals surface area contributed by atoms with Crippen LogP contribution in [-0.2, 0) is 16.0 Å².